The molecule has 1 aromatic carbocycles. The zero-order valence-corrected chi connectivity index (χ0v) is 29.4. The summed E-state index contributed by atoms with van der Waals surface area (Å²) in [4.78, 5) is 52.9. The first-order valence-electron chi connectivity index (χ1n) is 15.7. The minimum Gasteiger partial charge on any atom is -0.485 e. The number of ether oxygens (including phenoxy) is 1. The Bertz CT molecular complexity index is 1850. The van der Waals surface area contributed by atoms with Crippen molar-refractivity contribution in [1.82, 2.24) is 26.0 Å². The van der Waals surface area contributed by atoms with Gasteiger partial charge in [-0.3, -0.25) is 19.1 Å². The molecule has 20 nitrogen and oxygen atoms in total. The van der Waals surface area contributed by atoms with Gasteiger partial charge in [0.15, 0.2) is 22.9 Å². The van der Waals surface area contributed by atoms with Crippen LogP contribution >= 0.6 is 11.3 Å². The van der Waals surface area contributed by atoms with Gasteiger partial charge in [0, 0.05) is 30.9 Å². The smallest absolute Gasteiger partial charge is 0.418 e. The Morgan fingerprint density at radius 3 is 2.69 bits per heavy atom. The van der Waals surface area contributed by atoms with E-state index in [1.165, 1.54) is 26.2 Å². The number of aliphatic hydroxyl groups is 1. The molecule has 4 heterocycles. The third kappa shape index (κ3) is 8.15. The number of amides is 2. The van der Waals surface area contributed by atoms with Gasteiger partial charge in [0.2, 0.25) is 0 Å². The molecule has 3 unspecified atom stereocenters. The summed E-state index contributed by atoms with van der Waals surface area (Å²) in [6.07, 6.45) is -1.08. The summed E-state index contributed by atoms with van der Waals surface area (Å²) in [6, 6.07) is 4.27. The number of hydroxylamine groups is 2. The number of anilines is 1. The molecule has 0 bridgehead atoms. The number of nitrogens with two attached hydrogens (primary N) is 2. The Kier molecular flexibility index (Phi) is 10.7. The maximum atomic E-state index is 13.5. The number of oxime groups is 1. The standard InChI is InChI=1S/C29H39N9O11S2/c1-28(2)22(24(41)38(28)49-51(44,45)46)36-23(40)21(18-13-50-26(31)35-18)37-48-29(3,25(42)43)20-7-5-15-8-14(4-6-19(15)47-20)16-10-32-27(33-11-16)34-12-17(39)9-30/h4,6,8,13,16-17,20,22,39H,5,7,9-12,30H2,1-3H3,(H2,31,35)(H,36,40)(H,42,43)(H2,32,33,34)(H,44,45,46)/b37-21-/t17?,20-,22-,29?/m1/s1. The quantitative estimate of drug-likeness (QED) is 0.0498. The van der Waals surface area contributed by atoms with E-state index in [2.05, 4.69) is 35.4 Å². The van der Waals surface area contributed by atoms with Crippen LogP contribution in [0.4, 0.5) is 5.13 Å². The van der Waals surface area contributed by atoms with Crippen LogP contribution in [-0.2, 0) is 40.3 Å². The van der Waals surface area contributed by atoms with Gasteiger partial charge in [-0.1, -0.05) is 17.3 Å². The van der Waals surface area contributed by atoms with Crippen molar-refractivity contribution in [3.05, 3.63) is 40.4 Å². The molecule has 10 N–H and O–H groups in total. The van der Waals surface area contributed by atoms with E-state index in [0.29, 0.717) is 36.3 Å². The third-order valence-corrected chi connectivity index (χ3v) is 9.74. The summed E-state index contributed by atoms with van der Waals surface area (Å²) < 4.78 is 41.8. The molecule has 1 fully saturated rings. The first kappa shape index (κ1) is 37.6. The second-order valence-electron chi connectivity index (χ2n) is 12.8. The Morgan fingerprint density at radius 1 is 1.35 bits per heavy atom. The molecule has 1 aromatic heterocycles. The number of hydrogen-bond acceptors (Lipinski definition) is 17. The van der Waals surface area contributed by atoms with Crippen molar-refractivity contribution < 1.29 is 51.4 Å². The zero-order valence-electron chi connectivity index (χ0n) is 27.7. The van der Waals surface area contributed by atoms with Crippen LogP contribution in [0.2, 0.25) is 0 Å². The second-order valence-corrected chi connectivity index (χ2v) is 14.7. The van der Waals surface area contributed by atoms with Crippen LogP contribution in [0.1, 0.15) is 49.9 Å². The number of carbonyl (C=O) groups excluding carboxylic acids is 2. The monoisotopic (exact) mass is 753 g/mol. The molecule has 0 spiro atoms. The molecule has 3 aliphatic rings. The maximum absolute atomic E-state index is 13.5. The van der Waals surface area contributed by atoms with Crippen molar-refractivity contribution in [3.63, 3.8) is 0 Å². The Labute approximate surface area is 296 Å². The number of guanidine groups is 1. The topological polar surface area (TPSA) is 303 Å². The molecular formula is C29H39N9O11S2. The number of fused-ring (bicyclic) bond motifs is 1. The van der Waals surface area contributed by atoms with E-state index < -0.39 is 63.3 Å². The number of aliphatic hydroxyl groups excluding tert-OH is 1. The first-order chi connectivity index (χ1) is 23.9. The molecule has 2 aromatic rings. The number of carboxylic acids is 1. The van der Waals surface area contributed by atoms with Gasteiger partial charge >= 0.3 is 16.4 Å². The van der Waals surface area contributed by atoms with Gasteiger partial charge < -0.3 is 47.2 Å². The minimum absolute atomic E-state index is 0.0566. The molecule has 22 heteroatoms. The van der Waals surface area contributed by atoms with Crippen molar-refractivity contribution >= 4 is 56.3 Å². The summed E-state index contributed by atoms with van der Waals surface area (Å²) in [5, 5.41) is 34.3. The normalized spacial score (nSPS) is 23.3. The van der Waals surface area contributed by atoms with Crippen LogP contribution in [0.5, 0.6) is 5.75 Å². The lowest BCUT2D eigenvalue weighted by molar-refractivity contribution is -0.218. The molecular weight excluding hydrogens is 715 g/mol. The largest absolute Gasteiger partial charge is 0.485 e. The Balaban J connectivity index is 1.30. The van der Waals surface area contributed by atoms with E-state index in [0.717, 1.165) is 22.5 Å². The molecule has 5 atom stereocenters. The summed E-state index contributed by atoms with van der Waals surface area (Å²) in [6.45, 7) is 5.50. The summed E-state index contributed by atoms with van der Waals surface area (Å²) in [5.41, 5.74) is 8.91. The zero-order chi connectivity index (χ0) is 37.3. The number of hydrogen-bond donors (Lipinski definition) is 8. The summed E-state index contributed by atoms with van der Waals surface area (Å²) >= 11 is 0.963. The van der Waals surface area contributed by atoms with Crippen LogP contribution in [-0.4, -0.2) is 118 Å². The molecule has 2 amide bonds. The lowest BCUT2D eigenvalue weighted by Gasteiger charge is -2.50. The number of thiazole rings is 1. The van der Waals surface area contributed by atoms with Gasteiger partial charge in [0.1, 0.15) is 17.5 Å². The number of carboxylic acid groups (broad SMARTS) is 1. The molecule has 51 heavy (non-hydrogen) atoms. The van der Waals surface area contributed by atoms with Crippen LogP contribution in [0.25, 0.3) is 0 Å². The van der Waals surface area contributed by atoms with E-state index >= 15 is 0 Å². The van der Waals surface area contributed by atoms with Crippen LogP contribution in [0.3, 0.4) is 0 Å². The number of nitrogens with one attached hydrogen (secondary N) is 3. The minimum atomic E-state index is -5.03. The SMILES string of the molecule is CC(O/N=C(\C(=O)N[C@@H]1C(=O)N(OS(=O)(=O)O)C1(C)C)c1csc(N)n1)(C(=O)O)[C@H]1CCc2cc(C3CN=C(NCC(O)CN)NC3)ccc2O1. The predicted octanol–water partition coefficient (Wildman–Crippen LogP) is -1.52. The van der Waals surface area contributed by atoms with Crippen molar-refractivity contribution in [2.75, 3.05) is 31.9 Å². The molecule has 278 valence electrons. The second kappa shape index (κ2) is 14.6. The average Bonchev–Trinajstić information content (AvgIpc) is 3.52. The predicted molar refractivity (Wildman–Crippen MR) is 181 cm³/mol. The highest BCUT2D eigenvalue weighted by atomic mass is 32.3. The fourth-order valence-electron chi connectivity index (χ4n) is 5.63. The van der Waals surface area contributed by atoms with E-state index in [4.69, 9.17) is 25.6 Å². The van der Waals surface area contributed by atoms with Crippen LogP contribution in [0, 0.1) is 0 Å². The fourth-order valence-corrected chi connectivity index (χ4v) is 6.63. The van der Waals surface area contributed by atoms with Gasteiger partial charge in [-0.2, -0.15) is 13.5 Å². The third-order valence-electron chi connectivity index (χ3n) is 8.73. The number of aliphatic imine (C=N–C) groups is 1. The summed E-state index contributed by atoms with van der Waals surface area (Å²) in [5.74, 6) is -2.36. The van der Waals surface area contributed by atoms with Crippen molar-refractivity contribution in [2.24, 2.45) is 15.9 Å². The molecule has 5 rings (SSSR count). The Hall–Kier alpha value is -4.61. The maximum Gasteiger partial charge on any atom is 0.418 e. The highest BCUT2D eigenvalue weighted by Gasteiger charge is 2.58. The lowest BCUT2D eigenvalue weighted by Crippen LogP contribution is -2.76. The van der Waals surface area contributed by atoms with Crippen LogP contribution in [0.15, 0.2) is 33.7 Å². The van der Waals surface area contributed by atoms with Gasteiger partial charge in [-0.05, 0) is 50.8 Å². The number of aryl methyl sites for hydroxylation is 1. The van der Waals surface area contributed by atoms with Crippen LogP contribution < -0.4 is 32.2 Å². The highest BCUT2D eigenvalue weighted by Crippen LogP contribution is 2.36. The molecule has 0 aliphatic carbocycles. The lowest BCUT2D eigenvalue weighted by atomic mass is 9.84. The number of rotatable bonds is 13. The molecule has 0 radical (unpaired) electrons. The van der Waals surface area contributed by atoms with Crippen molar-refractivity contribution in [2.45, 2.75) is 68.9 Å². The van der Waals surface area contributed by atoms with E-state index in [9.17, 15) is 33.0 Å². The molecule has 0 saturated carbocycles. The number of aliphatic carboxylic acids is 1. The van der Waals surface area contributed by atoms with Gasteiger partial charge in [0.05, 0.1) is 18.2 Å². The Morgan fingerprint density at radius 2 is 2.10 bits per heavy atom. The van der Waals surface area contributed by atoms with Crippen molar-refractivity contribution in [3.8, 4) is 5.75 Å². The highest BCUT2D eigenvalue weighted by molar-refractivity contribution is 7.80. The van der Waals surface area contributed by atoms with Gasteiger partial charge in [-0.15, -0.1) is 15.6 Å². The van der Waals surface area contributed by atoms with E-state index in [1.54, 1.807) is 6.07 Å². The molecule has 1 saturated heterocycles. The van der Waals surface area contributed by atoms with E-state index in [-0.39, 0.29) is 36.3 Å². The van der Waals surface area contributed by atoms with Gasteiger partial charge in [0.25, 0.3) is 17.4 Å². The number of carbonyl (C=O) groups is 3. The fraction of sp³-hybridized carbons (Fsp3) is 0.517. The van der Waals surface area contributed by atoms with E-state index in [1.807, 2.05) is 12.1 Å². The number of nitrogens with zero attached hydrogens (tertiary/aromatic N) is 4. The average molecular weight is 754 g/mol. The number of β-lactam (4-membered cyclic amide) rings is 1. The summed E-state index contributed by atoms with van der Waals surface area (Å²) in [7, 11) is -5.03. The van der Waals surface area contributed by atoms with Crippen molar-refractivity contribution in [1.29, 1.82) is 0 Å². The number of aromatic nitrogens is 1. The first-order valence-corrected chi connectivity index (χ1v) is 17.9. The molecule has 3 aliphatic heterocycles. The number of benzene rings is 1. The van der Waals surface area contributed by atoms with Gasteiger partial charge in [-0.25, -0.2) is 9.78 Å². The number of nitrogen functional groups attached to an aromatic ring is 1.